The molecule has 134 valence electrons. The van der Waals surface area contributed by atoms with Gasteiger partial charge in [-0.1, -0.05) is 25.4 Å². The summed E-state index contributed by atoms with van der Waals surface area (Å²) in [7, 11) is -3.57. The zero-order valence-electron chi connectivity index (χ0n) is 14.0. The van der Waals surface area contributed by atoms with Crippen LogP contribution in [0, 0.1) is 0 Å². The van der Waals surface area contributed by atoms with E-state index in [1.165, 1.54) is 22.5 Å². The molecule has 0 N–H and O–H groups in total. The van der Waals surface area contributed by atoms with E-state index < -0.39 is 10.0 Å². The van der Waals surface area contributed by atoms with Crippen LogP contribution in [0.2, 0.25) is 5.02 Å². The van der Waals surface area contributed by atoms with Crippen molar-refractivity contribution >= 4 is 27.5 Å². The maximum absolute atomic E-state index is 12.5. The number of likely N-dealkylation sites (tertiary alicyclic amines) is 1. The lowest BCUT2D eigenvalue weighted by molar-refractivity contribution is -0.132. The summed E-state index contributed by atoms with van der Waals surface area (Å²) in [5.74, 6) is 0.228. The zero-order valence-corrected chi connectivity index (χ0v) is 15.6. The third-order valence-electron chi connectivity index (χ3n) is 4.06. The number of carbonyl (C=O) groups excluding carboxylic acids is 1. The van der Waals surface area contributed by atoms with Crippen molar-refractivity contribution in [3.63, 3.8) is 0 Å². The molecule has 0 aliphatic carbocycles. The molecule has 24 heavy (non-hydrogen) atoms. The van der Waals surface area contributed by atoms with Gasteiger partial charge in [0.1, 0.15) is 5.75 Å². The fraction of sp³-hybridized carbons (Fsp3) is 0.562. The summed E-state index contributed by atoms with van der Waals surface area (Å²) in [6, 6.07) is 4.32. The van der Waals surface area contributed by atoms with Gasteiger partial charge in [-0.05, 0) is 31.0 Å². The highest BCUT2D eigenvalue weighted by molar-refractivity contribution is 7.89. The number of carbonyl (C=O) groups is 1. The maximum atomic E-state index is 12.5. The van der Waals surface area contributed by atoms with Gasteiger partial charge in [0, 0.05) is 26.2 Å². The van der Waals surface area contributed by atoms with Crippen molar-refractivity contribution in [2.24, 2.45) is 0 Å². The third-order valence-corrected chi connectivity index (χ3v) is 6.40. The Morgan fingerprint density at radius 3 is 2.42 bits per heavy atom. The second-order valence-corrected chi connectivity index (χ2v) is 7.90. The molecule has 0 unspecified atom stereocenters. The minimum Gasteiger partial charge on any atom is -0.482 e. The number of hydrogen-bond acceptors (Lipinski definition) is 4. The second-order valence-electron chi connectivity index (χ2n) is 5.56. The Hall–Kier alpha value is -1.31. The van der Waals surface area contributed by atoms with Crippen LogP contribution in [-0.2, 0) is 14.8 Å². The molecule has 1 saturated heterocycles. The number of rotatable bonds is 7. The quantitative estimate of drug-likeness (QED) is 0.734. The molecule has 1 amide bonds. The van der Waals surface area contributed by atoms with Crippen molar-refractivity contribution in [3.8, 4) is 5.75 Å². The minimum absolute atomic E-state index is 0.0802. The second kappa shape index (κ2) is 8.18. The molecular weight excluding hydrogens is 352 g/mol. The molecule has 0 radical (unpaired) electrons. The fourth-order valence-electron chi connectivity index (χ4n) is 2.67. The van der Waals surface area contributed by atoms with Crippen molar-refractivity contribution in [1.29, 1.82) is 0 Å². The van der Waals surface area contributed by atoms with Gasteiger partial charge in [-0.3, -0.25) is 4.79 Å². The number of halogens is 1. The van der Waals surface area contributed by atoms with Gasteiger partial charge in [0.25, 0.3) is 5.91 Å². The Labute approximate surface area is 148 Å². The van der Waals surface area contributed by atoms with E-state index in [0.29, 0.717) is 18.8 Å². The molecule has 8 heteroatoms. The van der Waals surface area contributed by atoms with Gasteiger partial charge in [0.05, 0.1) is 9.92 Å². The average Bonchev–Trinajstić information content (AvgIpc) is 3.08. The molecule has 1 fully saturated rings. The summed E-state index contributed by atoms with van der Waals surface area (Å²) in [5.41, 5.74) is 0. The molecule has 0 saturated carbocycles. The molecule has 6 nitrogen and oxygen atoms in total. The van der Waals surface area contributed by atoms with Gasteiger partial charge in [-0.15, -0.1) is 0 Å². The average molecular weight is 375 g/mol. The number of benzene rings is 1. The largest absolute Gasteiger partial charge is 0.482 e. The molecule has 1 aromatic rings. The van der Waals surface area contributed by atoms with E-state index in [9.17, 15) is 13.2 Å². The first kappa shape index (κ1) is 19.0. The normalized spacial score (nSPS) is 15.1. The van der Waals surface area contributed by atoms with Crippen LogP contribution in [0.15, 0.2) is 23.1 Å². The van der Waals surface area contributed by atoms with Crippen molar-refractivity contribution < 1.29 is 17.9 Å². The molecule has 0 aromatic heterocycles. The van der Waals surface area contributed by atoms with Crippen LogP contribution >= 0.6 is 11.6 Å². The summed E-state index contributed by atoms with van der Waals surface area (Å²) >= 11 is 6.14. The summed E-state index contributed by atoms with van der Waals surface area (Å²) in [6.45, 7) is 5.77. The lowest BCUT2D eigenvalue weighted by Crippen LogP contribution is -2.32. The summed E-state index contributed by atoms with van der Waals surface area (Å²) in [5, 5.41) is 0.178. The predicted molar refractivity (Wildman–Crippen MR) is 92.9 cm³/mol. The maximum Gasteiger partial charge on any atom is 0.260 e. The third kappa shape index (κ3) is 4.20. The first-order valence-corrected chi connectivity index (χ1v) is 9.92. The van der Waals surface area contributed by atoms with Crippen LogP contribution in [0.3, 0.4) is 0 Å². The van der Waals surface area contributed by atoms with Crippen LogP contribution in [0.1, 0.15) is 26.7 Å². The van der Waals surface area contributed by atoms with E-state index in [-0.39, 0.29) is 22.4 Å². The highest BCUT2D eigenvalue weighted by Crippen LogP contribution is 2.28. The van der Waals surface area contributed by atoms with Crippen molar-refractivity contribution in [2.45, 2.75) is 31.6 Å². The molecule has 0 bridgehead atoms. The fourth-order valence-corrected chi connectivity index (χ4v) is 4.45. The number of hydrogen-bond donors (Lipinski definition) is 0. The molecular formula is C16H23ClN2O4S. The van der Waals surface area contributed by atoms with E-state index in [4.69, 9.17) is 16.3 Å². The van der Waals surface area contributed by atoms with Crippen molar-refractivity contribution in [1.82, 2.24) is 9.21 Å². The Kier molecular flexibility index (Phi) is 6.48. The highest BCUT2D eigenvalue weighted by atomic mass is 35.5. The molecule has 2 rings (SSSR count). The molecule has 1 aliphatic heterocycles. The van der Waals surface area contributed by atoms with Gasteiger partial charge in [-0.25, -0.2) is 8.42 Å². The standard InChI is InChI=1S/C16H23ClN2O4S/c1-3-19(4-2)24(21,22)13-7-8-15(14(17)11-13)23-12-16(20)18-9-5-6-10-18/h7-8,11H,3-6,9-10,12H2,1-2H3. The van der Waals surface area contributed by atoms with Crippen LogP contribution < -0.4 is 4.74 Å². The van der Waals surface area contributed by atoms with Crippen LogP contribution in [0.5, 0.6) is 5.75 Å². The van der Waals surface area contributed by atoms with Gasteiger partial charge >= 0.3 is 0 Å². The number of nitrogens with zero attached hydrogens (tertiary/aromatic N) is 2. The lowest BCUT2D eigenvalue weighted by Gasteiger charge is -2.19. The lowest BCUT2D eigenvalue weighted by atomic mass is 10.3. The van der Waals surface area contributed by atoms with Gasteiger partial charge < -0.3 is 9.64 Å². The molecule has 1 heterocycles. The van der Waals surface area contributed by atoms with Crippen molar-refractivity contribution in [2.75, 3.05) is 32.8 Å². The molecule has 0 spiro atoms. The minimum atomic E-state index is -3.57. The Morgan fingerprint density at radius 1 is 1.25 bits per heavy atom. The van der Waals surface area contributed by atoms with E-state index in [1.54, 1.807) is 18.7 Å². The first-order chi connectivity index (χ1) is 11.4. The predicted octanol–water partition coefficient (Wildman–Crippen LogP) is 2.37. The molecule has 0 atom stereocenters. The molecule has 1 aliphatic rings. The topological polar surface area (TPSA) is 66.9 Å². The Morgan fingerprint density at radius 2 is 1.88 bits per heavy atom. The van der Waals surface area contributed by atoms with E-state index in [2.05, 4.69) is 0 Å². The SMILES string of the molecule is CCN(CC)S(=O)(=O)c1ccc(OCC(=O)N2CCCC2)c(Cl)c1. The highest BCUT2D eigenvalue weighted by Gasteiger charge is 2.23. The Bertz CT molecular complexity index is 683. The summed E-state index contributed by atoms with van der Waals surface area (Å²) in [6.07, 6.45) is 2.04. The van der Waals surface area contributed by atoms with Crippen LogP contribution in [0.25, 0.3) is 0 Å². The van der Waals surface area contributed by atoms with Gasteiger partial charge in [0.15, 0.2) is 6.61 Å². The number of sulfonamides is 1. The number of ether oxygens (including phenoxy) is 1. The zero-order chi connectivity index (χ0) is 17.7. The summed E-state index contributed by atoms with van der Waals surface area (Å²) in [4.78, 5) is 13.9. The monoisotopic (exact) mass is 374 g/mol. The van der Waals surface area contributed by atoms with Crippen LogP contribution in [0.4, 0.5) is 0 Å². The van der Waals surface area contributed by atoms with E-state index in [0.717, 1.165) is 25.9 Å². The Balaban J connectivity index is 2.08. The van der Waals surface area contributed by atoms with Gasteiger partial charge in [-0.2, -0.15) is 4.31 Å². The summed E-state index contributed by atoms with van der Waals surface area (Å²) < 4.78 is 31.7. The molecule has 1 aromatic carbocycles. The van der Waals surface area contributed by atoms with Crippen LogP contribution in [-0.4, -0.2) is 56.3 Å². The van der Waals surface area contributed by atoms with E-state index in [1.807, 2.05) is 0 Å². The van der Waals surface area contributed by atoms with Gasteiger partial charge in [0.2, 0.25) is 10.0 Å². The van der Waals surface area contributed by atoms with E-state index >= 15 is 0 Å². The van der Waals surface area contributed by atoms with Crippen molar-refractivity contribution in [3.05, 3.63) is 23.2 Å². The smallest absolute Gasteiger partial charge is 0.260 e. The number of amides is 1. The first-order valence-electron chi connectivity index (χ1n) is 8.10.